The van der Waals surface area contributed by atoms with Crippen LogP contribution < -0.4 is 0 Å². The first-order valence-corrected chi connectivity index (χ1v) is 6.70. The summed E-state index contributed by atoms with van der Waals surface area (Å²) in [4.78, 5) is 12.2. The molecule has 0 aliphatic heterocycles. The molecule has 0 fully saturated rings. The minimum atomic E-state index is 0.722. The molecule has 0 saturated carbocycles. The monoisotopic (exact) mass is 313 g/mol. The molecule has 94 valence electrons. The number of pyridine rings is 1. The third-order valence-corrected chi connectivity index (χ3v) is 3.42. The van der Waals surface area contributed by atoms with Gasteiger partial charge >= 0.3 is 0 Å². The Labute approximate surface area is 119 Å². The van der Waals surface area contributed by atoms with Gasteiger partial charge in [0.1, 0.15) is 5.82 Å². The van der Waals surface area contributed by atoms with Gasteiger partial charge in [0.05, 0.1) is 5.52 Å². The summed E-state index contributed by atoms with van der Waals surface area (Å²) < 4.78 is 1.03. The van der Waals surface area contributed by atoms with Crippen LogP contribution in [0.2, 0.25) is 0 Å². The van der Waals surface area contributed by atoms with E-state index in [1.165, 1.54) is 0 Å². The quantitative estimate of drug-likeness (QED) is 0.761. The Hall–Kier alpha value is -1.94. The van der Waals surface area contributed by atoms with Crippen molar-refractivity contribution < 1.29 is 0 Å². The van der Waals surface area contributed by atoms with Crippen molar-refractivity contribution in [2.24, 2.45) is 0 Å². The molecule has 0 amide bonds. The number of imidazole rings is 1. The van der Waals surface area contributed by atoms with Crippen molar-refractivity contribution in [3.63, 3.8) is 0 Å². The summed E-state index contributed by atoms with van der Waals surface area (Å²) in [6, 6.07) is 10.0. The highest BCUT2D eigenvalue weighted by atomic mass is 79.9. The highest BCUT2D eigenvalue weighted by Crippen LogP contribution is 2.23. The molecule has 0 aliphatic carbocycles. The van der Waals surface area contributed by atoms with Gasteiger partial charge in [0.2, 0.25) is 0 Å². The van der Waals surface area contributed by atoms with Crippen molar-refractivity contribution in [1.29, 1.82) is 0 Å². The lowest BCUT2D eigenvalue weighted by atomic mass is 10.1. The molecular weight excluding hydrogens is 302 g/mol. The molecule has 19 heavy (non-hydrogen) atoms. The minimum absolute atomic E-state index is 0.722. The van der Waals surface area contributed by atoms with Gasteiger partial charge in [0, 0.05) is 16.2 Å². The van der Waals surface area contributed by atoms with Crippen LogP contribution in [0.4, 0.5) is 0 Å². The van der Waals surface area contributed by atoms with Crippen molar-refractivity contribution in [2.45, 2.75) is 6.92 Å². The van der Waals surface area contributed by atoms with Gasteiger partial charge in [-0.2, -0.15) is 0 Å². The molecule has 0 saturated heterocycles. The van der Waals surface area contributed by atoms with E-state index in [4.69, 9.17) is 0 Å². The molecule has 0 unspecified atom stereocenters. The van der Waals surface area contributed by atoms with Crippen molar-refractivity contribution >= 4 is 32.7 Å². The van der Waals surface area contributed by atoms with E-state index in [-0.39, 0.29) is 0 Å². The molecule has 1 N–H and O–H groups in total. The molecule has 2 aromatic heterocycles. The Morgan fingerprint density at radius 2 is 2.16 bits per heavy atom. The Bertz CT molecular complexity index is 774. The second-order valence-corrected chi connectivity index (χ2v) is 5.39. The summed E-state index contributed by atoms with van der Waals surface area (Å²) in [7, 11) is 0. The lowest BCUT2D eigenvalue weighted by Crippen LogP contribution is -1.82. The Morgan fingerprint density at radius 1 is 1.32 bits per heavy atom. The van der Waals surface area contributed by atoms with E-state index in [1.54, 1.807) is 6.20 Å². The lowest BCUT2D eigenvalue weighted by Gasteiger charge is -1.97. The third-order valence-electron chi connectivity index (χ3n) is 2.93. The standard InChI is InChI=1S/C15H12BrN3/c1-9(2)11-7-13-15(17-8-11)19-14(18-13)10-4-3-5-12(16)6-10/h3-8H,1H2,2H3,(H,17,18,19). The van der Waals surface area contributed by atoms with Crippen LogP contribution in [0.1, 0.15) is 12.5 Å². The molecule has 1 aromatic carbocycles. The summed E-state index contributed by atoms with van der Waals surface area (Å²) >= 11 is 3.47. The topological polar surface area (TPSA) is 41.6 Å². The lowest BCUT2D eigenvalue weighted by molar-refractivity contribution is 1.29. The van der Waals surface area contributed by atoms with Crippen LogP contribution in [0.5, 0.6) is 0 Å². The first-order valence-electron chi connectivity index (χ1n) is 5.91. The molecule has 0 atom stereocenters. The highest BCUT2D eigenvalue weighted by molar-refractivity contribution is 9.10. The molecule has 0 radical (unpaired) electrons. The first-order chi connectivity index (χ1) is 9.13. The smallest absolute Gasteiger partial charge is 0.178 e. The van der Waals surface area contributed by atoms with Gasteiger partial charge in [-0.25, -0.2) is 9.97 Å². The molecular formula is C15H12BrN3. The van der Waals surface area contributed by atoms with E-state index in [0.29, 0.717) is 0 Å². The number of H-pyrrole nitrogens is 1. The van der Waals surface area contributed by atoms with Crippen molar-refractivity contribution in [2.75, 3.05) is 0 Å². The van der Waals surface area contributed by atoms with Crippen LogP contribution in [-0.2, 0) is 0 Å². The number of aromatic amines is 1. The van der Waals surface area contributed by atoms with Gasteiger partial charge in [0.15, 0.2) is 5.65 Å². The maximum atomic E-state index is 4.51. The Kier molecular flexibility index (Phi) is 2.95. The number of hydrogen-bond acceptors (Lipinski definition) is 2. The van der Waals surface area contributed by atoms with Gasteiger partial charge in [-0.1, -0.05) is 34.6 Å². The summed E-state index contributed by atoms with van der Waals surface area (Å²) in [5, 5.41) is 0. The Morgan fingerprint density at radius 3 is 2.89 bits per heavy atom. The van der Waals surface area contributed by atoms with Gasteiger partial charge in [-0.05, 0) is 36.3 Å². The number of aromatic nitrogens is 3. The number of allylic oxidation sites excluding steroid dienone is 1. The highest BCUT2D eigenvalue weighted by Gasteiger charge is 2.07. The zero-order valence-corrected chi connectivity index (χ0v) is 12.0. The average Bonchev–Trinajstić information content (AvgIpc) is 2.81. The van der Waals surface area contributed by atoms with E-state index in [9.17, 15) is 0 Å². The van der Waals surface area contributed by atoms with Crippen LogP contribution in [0.25, 0.3) is 28.1 Å². The number of rotatable bonds is 2. The third kappa shape index (κ3) is 2.31. The first kappa shape index (κ1) is 12.1. The maximum absolute atomic E-state index is 4.51. The average molecular weight is 314 g/mol. The molecule has 3 rings (SSSR count). The van der Waals surface area contributed by atoms with Crippen LogP contribution in [-0.4, -0.2) is 15.0 Å². The predicted molar refractivity (Wildman–Crippen MR) is 81.7 cm³/mol. The fourth-order valence-corrected chi connectivity index (χ4v) is 2.31. The molecule has 0 spiro atoms. The van der Waals surface area contributed by atoms with E-state index >= 15 is 0 Å². The summed E-state index contributed by atoms with van der Waals surface area (Å²) in [6.07, 6.45) is 1.80. The summed E-state index contributed by atoms with van der Waals surface area (Å²) in [5.41, 5.74) is 4.70. The summed E-state index contributed by atoms with van der Waals surface area (Å²) in [6.45, 7) is 5.89. The second-order valence-electron chi connectivity index (χ2n) is 4.47. The van der Waals surface area contributed by atoms with Crippen molar-refractivity contribution in [3.05, 3.63) is 53.1 Å². The molecule has 3 aromatic rings. The number of halogens is 1. The molecule has 2 heterocycles. The number of benzene rings is 1. The number of hydrogen-bond donors (Lipinski definition) is 1. The van der Waals surface area contributed by atoms with E-state index < -0.39 is 0 Å². The molecule has 0 aliphatic rings. The minimum Gasteiger partial charge on any atom is -0.337 e. The predicted octanol–water partition coefficient (Wildman–Crippen LogP) is 4.42. The molecule has 3 nitrogen and oxygen atoms in total. The van der Waals surface area contributed by atoms with Gasteiger partial charge < -0.3 is 4.98 Å². The van der Waals surface area contributed by atoms with Crippen LogP contribution in [0.15, 0.2) is 47.6 Å². The molecule has 0 bridgehead atoms. The maximum Gasteiger partial charge on any atom is 0.178 e. The SMILES string of the molecule is C=C(C)c1cnc2nc(-c3cccc(Br)c3)[nH]c2c1. The largest absolute Gasteiger partial charge is 0.337 e. The van der Waals surface area contributed by atoms with E-state index in [0.717, 1.165) is 38.2 Å². The zero-order valence-electron chi connectivity index (χ0n) is 10.4. The van der Waals surface area contributed by atoms with Gasteiger partial charge in [-0.3, -0.25) is 0 Å². The van der Waals surface area contributed by atoms with Gasteiger partial charge in [0.25, 0.3) is 0 Å². The van der Waals surface area contributed by atoms with Crippen molar-refractivity contribution in [1.82, 2.24) is 15.0 Å². The number of nitrogens with zero attached hydrogens (tertiary/aromatic N) is 2. The van der Waals surface area contributed by atoms with Gasteiger partial charge in [-0.15, -0.1) is 0 Å². The second kappa shape index (κ2) is 4.63. The molecule has 4 heteroatoms. The van der Waals surface area contributed by atoms with E-state index in [1.807, 2.05) is 37.3 Å². The van der Waals surface area contributed by atoms with Crippen LogP contribution >= 0.6 is 15.9 Å². The van der Waals surface area contributed by atoms with Crippen molar-refractivity contribution in [3.8, 4) is 11.4 Å². The fraction of sp³-hybridized carbons (Fsp3) is 0.0667. The zero-order chi connectivity index (χ0) is 13.4. The van der Waals surface area contributed by atoms with Crippen LogP contribution in [0, 0.1) is 0 Å². The normalized spacial score (nSPS) is 10.8. The number of nitrogens with one attached hydrogen (secondary N) is 1. The fourth-order valence-electron chi connectivity index (χ4n) is 1.91. The van der Waals surface area contributed by atoms with E-state index in [2.05, 4.69) is 37.5 Å². The van der Waals surface area contributed by atoms with Crippen LogP contribution in [0.3, 0.4) is 0 Å². The summed E-state index contributed by atoms with van der Waals surface area (Å²) in [5.74, 6) is 0.822. The Balaban J connectivity index is 2.14. The number of fused-ring (bicyclic) bond motifs is 1.